The predicted molar refractivity (Wildman–Crippen MR) is 189 cm³/mol. The first-order valence-electron chi connectivity index (χ1n) is 16.1. The molecule has 9 heteroatoms. The molecule has 1 amide bonds. The minimum Gasteiger partial charge on any atom is -0.368 e. The van der Waals surface area contributed by atoms with Gasteiger partial charge in [0.05, 0.1) is 41.4 Å². The van der Waals surface area contributed by atoms with Gasteiger partial charge in [-0.25, -0.2) is 9.67 Å². The molecular weight excluding hydrogens is 603 g/mol. The number of aromatic nitrogens is 5. The van der Waals surface area contributed by atoms with E-state index in [1.165, 1.54) is 37.7 Å². The summed E-state index contributed by atoms with van der Waals surface area (Å²) in [5, 5.41) is 8.92. The summed E-state index contributed by atoms with van der Waals surface area (Å²) in [7, 11) is 0. The van der Waals surface area contributed by atoms with E-state index >= 15 is 0 Å². The minimum absolute atomic E-state index is 0.0170. The minimum atomic E-state index is 0.0170. The number of aryl methyl sites for hydroxylation is 5. The van der Waals surface area contributed by atoms with Crippen molar-refractivity contribution in [1.29, 1.82) is 0 Å². The third kappa shape index (κ3) is 6.40. The third-order valence-corrected chi connectivity index (χ3v) is 10.3. The van der Waals surface area contributed by atoms with Crippen LogP contribution in [-0.2, 0) is 6.54 Å². The van der Waals surface area contributed by atoms with Crippen molar-refractivity contribution in [2.75, 3.05) is 31.1 Å². The van der Waals surface area contributed by atoms with Crippen LogP contribution < -0.4 is 4.90 Å². The zero-order valence-electron chi connectivity index (χ0n) is 27.6. The van der Waals surface area contributed by atoms with Crippen molar-refractivity contribution >= 4 is 34.4 Å². The summed E-state index contributed by atoms with van der Waals surface area (Å²) < 4.78 is 3.83. The Hall–Kier alpha value is -4.89. The van der Waals surface area contributed by atoms with Gasteiger partial charge >= 0.3 is 0 Å². The zero-order valence-corrected chi connectivity index (χ0v) is 28.4. The van der Waals surface area contributed by atoms with E-state index in [4.69, 9.17) is 0 Å². The number of benzene rings is 4. The van der Waals surface area contributed by atoms with Crippen LogP contribution in [-0.4, -0.2) is 61.5 Å². The van der Waals surface area contributed by atoms with E-state index in [0.717, 1.165) is 41.1 Å². The predicted octanol–water partition coefficient (Wildman–Crippen LogP) is 7.32. The van der Waals surface area contributed by atoms with Crippen molar-refractivity contribution in [3.05, 3.63) is 124 Å². The van der Waals surface area contributed by atoms with Crippen molar-refractivity contribution in [1.82, 2.24) is 29.4 Å². The van der Waals surface area contributed by atoms with Crippen molar-refractivity contribution in [3.63, 3.8) is 0 Å². The average Bonchev–Trinajstić information content (AvgIpc) is 3.70. The number of imidazole rings is 1. The molecule has 0 radical (unpaired) electrons. The van der Waals surface area contributed by atoms with Gasteiger partial charge in [0.1, 0.15) is 5.69 Å². The second-order valence-corrected chi connectivity index (χ2v) is 13.7. The van der Waals surface area contributed by atoms with Crippen LogP contribution >= 0.6 is 11.8 Å². The maximum atomic E-state index is 13.9. The Morgan fingerprint density at radius 2 is 1.51 bits per heavy atom. The summed E-state index contributed by atoms with van der Waals surface area (Å²) in [4.78, 5) is 25.3. The van der Waals surface area contributed by atoms with Gasteiger partial charge in [-0.3, -0.25) is 4.79 Å². The van der Waals surface area contributed by atoms with E-state index in [0.29, 0.717) is 25.2 Å². The fourth-order valence-corrected chi connectivity index (χ4v) is 7.10. The van der Waals surface area contributed by atoms with Crippen molar-refractivity contribution < 1.29 is 4.79 Å². The van der Waals surface area contributed by atoms with Crippen LogP contribution in [0.3, 0.4) is 0 Å². The molecule has 4 aromatic carbocycles. The monoisotopic (exact) mass is 641 g/mol. The van der Waals surface area contributed by atoms with Crippen LogP contribution in [0.5, 0.6) is 0 Å². The number of hydrogen-bond acceptors (Lipinski definition) is 6. The number of fused-ring (bicyclic) bond motifs is 1. The lowest BCUT2D eigenvalue weighted by molar-refractivity contribution is 0.0746. The Kier molecular flexibility index (Phi) is 8.32. The van der Waals surface area contributed by atoms with Crippen molar-refractivity contribution in [3.8, 4) is 5.69 Å². The summed E-state index contributed by atoms with van der Waals surface area (Å²) in [6, 6.07) is 25.6. The third-order valence-electron chi connectivity index (χ3n) is 9.07. The fourth-order valence-electron chi connectivity index (χ4n) is 6.22. The van der Waals surface area contributed by atoms with E-state index in [-0.39, 0.29) is 5.91 Å². The molecular formula is C38H39N7OS. The van der Waals surface area contributed by atoms with Gasteiger partial charge in [-0.1, -0.05) is 40.7 Å². The Morgan fingerprint density at radius 1 is 0.787 bits per heavy atom. The standard InChI is InChI=1S/C38H39N7OS/c1-25-7-13-37(29(5)18-25)47-32-10-8-31(9-11-32)42-14-16-43(17-15-42)38(46)33-12-6-26(2)19-35(33)45-23-30(40-41-45)22-44-24-39-34-20-27(3)28(4)21-36(34)44/h6-13,18-21,23-24H,14-17,22H2,1-5H3. The molecule has 0 aliphatic carbocycles. The maximum absolute atomic E-state index is 13.9. The number of anilines is 1. The van der Waals surface area contributed by atoms with Crippen molar-refractivity contribution in [2.45, 2.75) is 51.0 Å². The lowest BCUT2D eigenvalue weighted by atomic mass is 10.1. The van der Waals surface area contributed by atoms with Gasteiger partial charge in [0.2, 0.25) is 0 Å². The van der Waals surface area contributed by atoms with Gasteiger partial charge in [0.15, 0.2) is 0 Å². The first-order chi connectivity index (χ1) is 22.7. The Labute approximate surface area is 280 Å². The number of rotatable bonds is 7. The molecule has 1 saturated heterocycles. The highest BCUT2D eigenvalue weighted by molar-refractivity contribution is 7.99. The van der Waals surface area contributed by atoms with Gasteiger partial charge in [0.25, 0.3) is 5.91 Å². The van der Waals surface area contributed by atoms with E-state index in [1.54, 1.807) is 16.4 Å². The molecule has 0 N–H and O–H groups in total. The van der Waals surface area contributed by atoms with E-state index < -0.39 is 0 Å². The summed E-state index contributed by atoms with van der Waals surface area (Å²) in [5.74, 6) is 0.0170. The number of nitrogens with zero attached hydrogens (tertiary/aromatic N) is 7. The van der Waals surface area contributed by atoms with Crippen LogP contribution in [0.15, 0.2) is 95.1 Å². The first kappa shape index (κ1) is 30.7. The Balaban J connectivity index is 1.02. The topological polar surface area (TPSA) is 72.1 Å². The van der Waals surface area contributed by atoms with Crippen LogP contribution in [0, 0.1) is 34.6 Å². The number of piperazine rings is 1. The largest absolute Gasteiger partial charge is 0.368 e. The summed E-state index contributed by atoms with van der Waals surface area (Å²) in [6.45, 7) is 13.9. The first-order valence-corrected chi connectivity index (χ1v) is 16.9. The highest BCUT2D eigenvalue weighted by Gasteiger charge is 2.25. The van der Waals surface area contributed by atoms with E-state index in [1.807, 2.05) is 42.5 Å². The number of carbonyl (C=O) groups is 1. The van der Waals surface area contributed by atoms with Crippen LogP contribution in [0.25, 0.3) is 16.7 Å². The molecule has 6 aromatic rings. The van der Waals surface area contributed by atoms with Gasteiger partial charge < -0.3 is 14.4 Å². The second-order valence-electron chi connectivity index (χ2n) is 12.6. The maximum Gasteiger partial charge on any atom is 0.256 e. The van der Waals surface area contributed by atoms with E-state index in [2.05, 4.69) is 107 Å². The lowest BCUT2D eigenvalue weighted by Crippen LogP contribution is -2.49. The molecule has 47 heavy (non-hydrogen) atoms. The summed E-state index contributed by atoms with van der Waals surface area (Å²) in [6.07, 6.45) is 3.77. The molecule has 1 aliphatic rings. The van der Waals surface area contributed by atoms with E-state index in [9.17, 15) is 4.79 Å². The molecule has 0 atom stereocenters. The number of hydrogen-bond donors (Lipinski definition) is 0. The smallest absolute Gasteiger partial charge is 0.256 e. The van der Waals surface area contributed by atoms with Crippen LogP contribution in [0.2, 0.25) is 0 Å². The molecule has 0 unspecified atom stereocenters. The number of carbonyl (C=O) groups excluding carboxylic acids is 1. The molecule has 1 aliphatic heterocycles. The average molecular weight is 642 g/mol. The van der Waals surface area contributed by atoms with Gasteiger partial charge in [-0.15, -0.1) is 5.10 Å². The van der Waals surface area contributed by atoms with Crippen LogP contribution in [0.1, 0.15) is 43.9 Å². The molecule has 3 heterocycles. The molecule has 2 aromatic heterocycles. The van der Waals surface area contributed by atoms with Crippen LogP contribution in [0.4, 0.5) is 5.69 Å². The summed E-state index contributed by atoms with van der Waals surface area (Å²) >= 11 is 1.80. The SMILES string of the molecule is Cc1ccc(Sc2ccc(N3CCN(C(=O)c4ccc(C)cc4-n4cc(Cn5cnc6cc(C)c(C)cc65)nn4)CC3)cc2)c(C)c1. The normalized spacial score (nSPS) is 13.5. The lowest BCUT2D eigenvalue weighted by Gasteiger charge is -2.36. The Morgan fingerprint density at radius 3 is 2.28 bits per heavy atom. The highest BCUT2D eigenvalue weighted by atomic mass is 32.2. The fraction of sp³-hybridized carbons (Fsp3) is 0.263. The molecule has 0 saturated carbocycles. The summed E-state index contributed by atoms with van der Waals surface area (Å²) in [5.41, 5.74) is 11.5. The molecule has 0 bridgehead atoms. The quantitative estimate of drug-likeness (QED) is 0.182. The molecule has 0 spiro atoms. The van der Waals surface area contributed by atoms with Gasteiger partial charge in [-0.05, 0) is 111 Å². The molecule has 8 nitrogen and oxygen atoms in total. The molecule has 238 valence electrons. The van der Waals surface area contributed by atoms with Crippen molar-refractivity contribution in [2.24, 2.45) is 0 Å². The zero-order chi connectivity index (χ0) is 32.7. The highest BCUT2D eigenvalue weighted by Crippen LogP contribution is 2.32. The number of amides is 1. The van der Waals surface area contributed by atoms with Gasteiger partial charge in [-0.2, -0.15) is 0 Å². The molecule has 7 rings (SSSR count). The Bertz CT molecular complexity index is 2090. The van der Waals surface area contributed by atoms with Gasteiger partial charge in [0, 0.05) is 41.7 Å². The second kappa shape index (κ2) is 12.7. The molecule has 1 fully saturated rings.